The maximum Gasteiger partial charge on any atom is 0.261 e. The molecule has 2 aromatic rings. The number of rotatable bonds is 7. The molecule has 0 bridgehead atoms. The van der Waals surface area contributed by atoms with Gasteiger partial charge in [0.2, 0.25) is 0 Å². The molecule has 116 valence electrons. The number of carbonyl (C=O) groups excluding carboxylic acids is 2. The summed E-state index contributed by atoms with van der Waals surface area (Å²) in [5, 5.41) is 12.4. The average Bonchev–Trinajstić information content (AvgIpc) is 3.02. The summed E-state index contributed by atoms with van der Waals surface area (Å²) in [4.78, 5) is 24.1. The average molecular weight is 319 g/mol. The normalized spacial score (nSPS) is 11.7. The summed E-state index contributed by atoms with van der Waals surface area (Å²) in [6.07, 6.45) is -0.809. The molecule has 0 aliphatic carbocycles. The first-order chi connectivity index (χ1) is 10.6. The Kier molecular flexibility index (Phi) is 5.68. The van der Waals surface area contributed by atoms with E-state index in [1.165, 1.54) is 6.92 Å². The first kappa shape index (κ1) is 16.2. The summed E-state index contributed by atoms with van der Waals surface area (Å²) in [5.41, 5.74) is 0. The van der Waals surface area contributed by atoms with Gasteiger partial charge < -0.3 is 15.2 Å². The number of carbonyl (C=O) groups is 2. The third kappa shape index (κ3) is 4.68. The summed E-state index contributed by atoms with van der Waals surface area (Å²) in [6.45, 7) is 1.63. The molecule has 0 spiro atoms. The van der Waals surface area contributed by atoms with Crippen molar-refractivity contribution in [1.82, 2.24) is 5.32 Å². The lowest BCUT2D eigenvalue weighted by Gasteiger charge is -2.12. The molecule has 5 nitrogen and oxygen atoms in total. The van der Waals surface area contributed by atoms with Gasteiger partial charge in [0.1, 0.15) is 18.5 Å². The van der Waals surface area contributed by atoms with Gasteiger partial charge in [-0.25, -0.2) is 0 Å². The van der Waals surface area contributed by atoms with Crippen molar-refractivity contribution in [2.24, 2.45) is 0 Å². The number of thiophene rings is 1. The van der Waals surface area contributed by atoms with Crippen LogP contribution in [0.15, 0.2) is 42.5 Å². The number of nitrogens with one attached hydrogen (secondary N) is 1. The summed E-state index contributed by atoms with van der Waals surface area (Å²) in [6, 6.07) is 12.4. The van der Waals surface area contributed by atoms with E-state index in [1.54, 1.807) is 24.3 Å². The number of para-hydroxylation sites is 1. The zero-order valence-electron chi connectivity index (χ0n) is 12.1. The van der Waals surface area contributed by atoms with Gasteiger partial charge in [-0.2, -0.15) is 0 Å². The Hall–Kier alpha value is -2.18. The molecule has 22 heavy (non-hydrogen) atoms. The largest absolute Gasteiger partial charge is 0.491 e. The molecule has 1 heterocycles. The van der Waals surface area contributed by atoms with Gasteiger partial charge in [-0.1, -0.05) is 18.2 Å². The number of amides is 1. The van der Waals surface area contributed by atoms with Gasteiger partial charge in [0.15, 0.2) is 5.78 Å². The lowest BCUT2D eigenvalue weighted by Crippen LogP contribution is -2.34. The molecule has 2 rings (SSSR count). The predicted molar refractivity (Wildman–Crippen MR) is 84.6 cm³/mol. The number of aliphatic hydroxyl groups excluding tert-OH is 1. The maximum atomic E-state index is 11.9. The predicted octanol–water partition coefficient (Wildman–Crippen LogP) is 2.12. The Morgan fingerprint density at radius 3 is 2.50 bits per heavy atom. The highest BCUT2D eigenvalue weighted by molar-refractivity contribution is 7.15. The summed E-state index contributed by atoms with van der Waals surface area (Å²) in [5.74, 6) is 0.286. The maximum absolute atomic E-state index is 11.9. The molecule has 1 aromatic carbocycles. The van der Waals surface area contributed by atoms with Gasteiger partial charge in [0.25, 0.3) is 5.91 Å². The van der Waals surface area contributed by atoms with Gasteiger partial charge >= 0.3 is 0 Å². The summed E-state index contributed by atoms with van der Waals surface area (Å²) < 4.78 is 5.40. The lowest BCUT2D eigenvalue weighted by molar-refractivity contribution is 0.0847. The lowest BCUT2D eigenvalue weighted by atomic mass is 10.3. The molecular weight excluding hydrogens is 302 g/mol. The van der Waals surface area contributed by atoms with Gasteiger partial charge in [-0.05, 0) is 31.2 Å². The second kappa shape index (κ2) is 7.72. The highest BCUT2D eigenvalue weighted by Crippen LogP contribution is 2.16. The van der Waals surface area contributed by atoms with Crippen LogP contribution in [0.1, 0.15) is 26.3 Å². The number of benzene rings is 1. The monoisotopic (exact) mass is 319 g/mol. The summed E-state index contributed by atoms with van der Waals surface area (Å²) >= 11 is 1.14. The highest BCUT2D eigenvalue weighted by atomic mass is 32.1. The SMILES string of the molecule is CC(=O)c1ccc(C(=O)NC[C@H](O)COc2ccccc2)s1. The van der Waals surface area contributed by atoms with Crippen molar-refractivity contribution in [2.45, 2.75) is 13.0 Å². The van der Waals surface area contributed by atoms with Crippen LogP contribution in [0, 0.1) is 0 Å². The van der Waals surface area contributed by atoms with Crippen molar-refractivity contribution in [3.8, 4) is 5.75 Å². The van der Waals surface area contributed by atoms with Crippen LogP contribution in [0.3, 0.4) is 0 Å². The first-order valence-electron chi connectivity index (χ1n) is 6.81. The Bertz CT molecular complexity index is 639. The van der Waals surface area contributed by atoms with Crippen molar-refractivity contribution >= 4 is 23.0 Å². The van der Waals surface area contributed by atoms with Crippen LogP contribution in [0.4, 0.5) is 0 Å². The van der Waals surface area contributed by atoms with Crippen LogP contribution < -0.4 is 10.1 Å². The van der Waals surface area contributed by atoms with Gasteiger partial charge in [-0.15, -0.1) is 11.3 Å². The van der Waals surface area contributed by atoms with Crippen LogP contribution in [0.2, 0.25) is 0 Å². The fraction of sp³-hybridized carbons (Fsp3) is 0.250. The molecule has 1 atom stereocenters. The number of hydrogen-bond donors (Lipinski definition) is 2. The fourth-order valence-electron chi connectivity index (χ4n) is 1.71. The zero-order valence-corrected chi connectivity index (χ0v) is 12.9. The van der Waals surface area contributed by atoms with E-state index < -0.39 is 6.10 Å². The van der Waals surface area contributed by atoms with Crippen molar-refractivity contribution in [1.29, 1.82) is 0 Å². The van der Waals surface area contributed by atoms with Gasteiger partial charge in [0, 0.05) is 6.54 Å². The van der Waals surface area contributed by atoms with Gasteiger partial charge in [-0.3, -0.25) is 9.59 Å². The second-order valence-corrected chi connectivity index (χ2v) is 5.79. The van der Waals surface area contributed by atoms with E-state index in [1.807, 2.05) is 18.2 Å². The minimum Gasteiger partial charge on any atom is -0.491 e. The quantitative estimate of drug-likeness (QED) is 0.767. The van der Waals surface area contributed by atoms with E-state index in [4.69, 9.17) is 4.74 Å². The van der Waals surface area contributed by atoms with E-state index in [-0.39, 0.29) is 24.8 Å². The van der Waals surface area contributed by atoms with Crippen molar-refractivity contribution in [3.63, 3.8) is 0 Å². The molecule has 0 aliphatic rings. The standard InChI is InChI=1S/C16H17NO4S/c1-11(18)14-7-8-15(22-14)16(20)17-9-12(19)10-21-13-5-3-2-4-6-13/h2-8,12,19H,9-10H2,1H3,(H,17,20)/t12-/m0/s1. The van der Waals surface area contributed by atoms with Crippen LogP contribution >= 0.6 is 11.3 Å². The highest BCUT2D eigenvalue weighted by Gasteiger charge is 2.13. The molecule has 0 radical (unpaired) electrons. The third-order valence-corrected chi connectivity index (χ3v) is 4.05. The first-order valence-corrected chi connectivity index (χ1v) is 7.63. The third-order valence-electron chi connectivity index (χ3n) is 2.86. The van der Waals surface area contributed by atoms with Gasteiger partial charge in [0.05, 0.1) is 9.75 Å². The number of ketones is 1. The molecule has 2 N–H and O–H groups in total. The fourth-order valence-corrected chi connectivity index (χ4v) is 2.53. The van der Waals surface area contributed by atoms with E-state index in [9.17, 15) is 14.7 Å². The van der Waals surface area contributed by atoms with Crippen molar-refractivity contribution in [2.75, 3.05) is 13.2 Å². The van der Waals surface area contributed by atoms with E-state index in [0.29, 0.717) is 15.5 Å². The Balaban J connectivity index is 1.76. The molecule has 1 aromatic heterocycles. The smallest absolute Gasteiger partial charge is 0.261 e. The number of hydrogen-bond acceptors (Lipinski definition) is 5. The minimum absolute atomic E-state index is 0.0691. The molecule has 6 heteroatoms. The van der Waals surface area contributed by atoms with Crippen LogP contribution in [0.5, 0.6) is 5.75 Å². The Morgan fingerprint density at radius 1 is 1.18 bits per heavy atom. The number of ether oxygens (including phenoxy) is 1. The molecule has 0 unspecified atom stereocenters. The van der Waals surface area contributed by atoms with Crippen molar-refractivity contribution < 1.29 is 19.4 Å². The zero-order chi connectivity index (χ0) is 15.9. The minimum atomic E-state index is -0.809. The van der Waals surface area contributed by atoms with E-state index in [0.717, 1.165) is 11.3 Å². The summed E-state index contributed by atoms with van der Waals surface area (Å²) in [7, 11) is 0. The topological polar surface area (TPSA) is 75.6 Å². The molecule has 0 fully saturated rings. The molecule has 0 saturated carbocycles. The van der Waals surface area contributed by atoms with E-state index in [2.05, 4.69) is 5.32 Å². The molecule has 0 aliphatic heterocycles. The molecule has 0 saturated heterocycles. The molecular formula is C16H17NO4S. The number of Topliss-reactive ketones (excluding diaryl/α,β-unsaturated/α-hetero) is 1. The second-order valence-electron chi connectivity index (χ2n) is 4.71. The molecule has 1 amide bonds. The van der Waals surface area contributed by atoms with Crippen LogP contribution in [0.25, 0.3) is 0 Å². The van der Waals surface area contributed by atoms with E-state index >= 15 is 0 Å². The Morgan fingerprint density at radius 2 is 1.86 bits per heavy atom. The Labute approximate surface area is 132 Å². The van der Waals surface area contributed by atoms with Crippen LogP contribution in [-0.2, 0) is 0 Å². The number of aliphatic hydroxyl groups is 1. The van der Waals surface area contributed by atoms with Crippen molar-refractivity contribution in [3.05, 3.63) is 52.2 Å². The van der Waals surface area contributed by atoms with Crippen LogP contribution in [-0.4, -0.2) is 36.1 Å².